The number of nitrogens with zero attached hydrogens (tertiary/aromatic N) is 1. The fraction of sp³-hybridized carbons (Fsp3) is 0.429. The molecule has 1 N–H and O–H groups in total. The molecule has 0 aliphatic heterocycles. The minimum absolute atomic E-state index is 0.00935. The van der Waals surface area contributed by atoms with Crippen molar-refractivity contribution in [2.24, 2.45) is 7.05 Å². The van der Waals surface area contributed by atoms with Gasteiger partial charge in [0.1, 0.15) is 7.05 Å². The van der Waals surface area contributed by atoms with Crippen molar-refractivity contribution in [3.8, 4) is 5.95 Å². The third-order valence-corrected chi connectivity index (χ3v) is 1.73. The summed E-state index contributed by atoms with van der Waals surface area (Å²) in [6.45, 7) is 1.33. The maximum absolute atomic E-state index is 12.0. The average molecular weight is 210 g/mol. The molecule has 0 amide bonds. The molecule has 0 atom stereocenters. The second kappa shape index (κ2) is 3.00. The smallest absolute Gasteiger partial charge is 0.461 e. The number of carbonyl (C=O) groups excluding carboxylic acids is 1. The molecule has 0 spiro atoms. The van der Waals surface area contributed by atoms with Crippen LogP contribution < -0.4 is 4.57 Å². The predicted octanol–water partition coefficient (Wildman–Crippen LogP) is 0.863. The SMILES string of the molecule is Cc1oc(O)c(C(=O)C(F)(F)F)[n+]1C. The van der Waals surface area contributed by atoms with Gasteiger partial charge >= 0.3 is 29.5 Å². The molecule has 0 saturated carbocycles. The Morgan fingerprint density at radius 1 is 1.50 bits per heavy atom. The average Bonchev–Trinajstić information content (AvgIpc) is 2.24. The Morgan fingerprint density at radius 2 is 2.00 bits per heavy atom. The first-order valence-corrected chi connectivity index (χ1v) is 3.55. The van der Waals surface area contributed by atoms with Crippen molar-refractivity contribution in [1.82, 2.24) is 0 Å². The number of oxazole rings is 1. The predicted molar refractivity (Wildman–Crippen MR) is 36.7 cm³/mol. The van der Waals surface area contributed by atoms with E-state index in [0.717, 1.165) is 4.57 Å². The molecule has 78 valence electrons. The quantitative estimate of drug-likeness (QED) is 0.552. The van der Waals surface area contributed by atoms with Crippen molar-refractivity contribution in [3.05, 3.63) is 11.6 Å². The van der Waals surface area contributed by atoms with E-state index in [0.29, 0.717) is 0 Å². The molecule has 0 unspecified atom stereocenters. The van der Waals surface area contributed by atoms with Gasteiger partial charge in [-0.2, -0.15) is 17.7 Å². The lowest BCUT2D eigenvalue weighted by Gasteiger charge is -1.99. The monoisotopic (exact) mass is 210 g/mol. The Labute approximate surface area is 76.6 Å². The lowest BCUT2D eigenvalue weighted by Crippen LogP contribution is -2.40. The topological polar surface area (TPSA) is 54.3 Å². The van der Waals surface area contributed by atoms with E-state index in [1.807, 2.05) is 0 Å². The van der Waals surface area contributed by atoms with Gasteiger partial charge in [0.15, 0.2) is 0 Å². The van der Waals surface area contributed by atoms with Crippen LogP contribution in [0.1, 0.15) is 16.4 Å². The van der Waals surface area contributed by atoms with Crippen LogP contribution in [0.15, 0.2) is 4.42 Å². The third-order valence-electron chi connectivity index (χ3n) is 1.73. The van der Waals surface area contributed by atoms with Gasteiger partial charge in [0.05, 0.1) is 6.92 Å². The lowest BCUT2D eigenvalue weighted by molar-refractivity contribution is -0.683. The molecule has 0 aliphatic carbocycles. The van der Waals surface area contributed by atoms with Crippen LogP contribution in [0, 0.1) is 6.92 Å². The van der Waals surface area contributed by atoms with Crippen LogP contribution in [-0.4, -0.2) is 17.1 Å². The summed E-state index contributed by atoms with van der Waals surface area (Å²) in [5.74, 6) is -3.14. The van der Waals surface area contributed by atoms with Crippen molar-refractivity contribution in [3.63, 3.8) is 0 Å². The van der Waals surface area contributed by atoms with Gasteiger partial charge in [-0.25, -0.2) is 0 Å². The molecule has 1 heterocycles. The van der Waals surface area contributed by atoms with Crippen molar-refractivity contribution >= 4 is 5.78 Å². The highest BCUT2D eigenvalue weighted by atomic mass is 19.4. The van der Waals surface area contributed by atoms with E-state index < -0.39 is 23.6 Å². The van der Waals surface area contributed by atoms with Gasteiger partial charge in [-0.15, -0.1) is 0 Å². The highest BCUT2D eigenvalue weighted by Crippen LogP contribution is 2.25. The normalized spacial score (nSPS) is 11.8. The molecule has 1 rings (SSSR count). The number of alkyl halides is 3. The molecule has 1 aromatic rings. The summed E-state index contributed by atoms with van der Waals surface area (Å²) in [7, 11) is 1.19. The second-order valence-electron chi connectivity index (χ2n) is 2.66. The summed E-state index contributed by atoms with van der Waals surface area (Å²) < 4.78 is 41.3. The third kappa shape index (κ3) is 1.57. The number of halogens is 3. The summed E-state index contributed by atoms with van der Waals surface area (Å²) in [5.41, 5.74) is -0.894. The van der Waals surface area contributed by atoms with Gasteiger partial charge in [-0.05, 0) is 0 Å². The van der Waals surface area contributed by atoms with Crippen molar-refractivity contribution in [1.29, 1.82) is 0 Å². The minimum Gasteiger partial charge on any atom is -0.476 e. The molecule has 1 aromatic heterocycles. The number of hydrogen-bond acceptors (Lipinski definition) is 3. The van der Waals surface area contributed by atoms with Gasteiger partial charge in [0.2, 0.25) is 0 Å². The highest BCUT2D eigenvalue weighted by molar-refractivity contribution is 5.98. The fourth-order valence-corrected chi connectivity index (χ4v) is 0.941. The van der Waals surface area contributed by atoms with E-state index in [1.165, 1.54) is 14.0 Å². The molecular weight excluding hydrogens is 203 g/mol. The number of aryl methyl sites for hydroxylation is 1. The lowest BCUT2D eigenvalue weighted by atomic mass is 10.3. The molecule has 0 aliphatic rings. The maximum Gasteiger partial charge on any atom is 0.461 e. The van der Waals surface area contributed by atoms with E-state index in [4.69, 9.17) is 5.11 Å². The number of ketones is 1. The number of Topliss-reactive ketones (excluding diaryl/α,β-unsaturated/α-hetero) is 1. The Bertz CT molecular complexity index is 380. The largest absolute Gasteiger partial charge is 0.476 e. The van der Waals surface area contributed by atoms with Crippen LogP contribution in [0.3, 0.4) is 0 Å². The summed E-state index contributed by atoms with van der Waals surface area (Å²) in [5, 5.41) is 8.94. The van der Waals surface area contributed by atoms with Crippen molar-refractivity contribution in [2.45, 2.75) is 13.1 Å². The molecule has 0 aromatic carbocycles. The van der Waals surface area contributed by atoms with Gasteiger partial charge in [-0.1, -0.05) is 0 Å². The zero-order valence-corrected chi connectivity index (χ0v) is 7.34. The molecule has 0 bridgehead atoms. The van der Waals surface area contributed by atoms with E-state index in [-0.39, 0.29) is 5.89 Å². The first-order chi connectivity index (χ1) is 6.25. The van der Waals surface area contributed by atoms with Crippen molar-refractivity contribution in [2.75, 3.05) is 0 Å². The van der Waals surface area contributed by atoms with Crippen molar-refractivity contribution < 1.29 is 32.1 Å². The van der Waals surface area contributed by atoms with Gasteiger partial charge < -0.3 is 9.52 Å². The molecule has 0 saturated heterocycles. The van der Waals surface area contributed by atoms with E-state index in [9.17, 15) is 18.0 Å². The Balaban J connectivity index is 3.27. The minimum atomic E-state index is -5.02. The molecular formula is C7H7F3NO3+. The second-order valence-corrected chi connectivity index (χ2v) is 2.66. The van der Waals surface area contributed by atoms with E-state index in [2.05, 4.69) is 4.42 Å². The van der Waals surface area contributed by atoms with Crippen LogP contribution in [0.5, 0.6) is 5.95 Å². The van der Waals surface area contributed by atoms with Crippen LogP contribution in [0.2, 0.25) is 0 Å². The van der Waals surface area contributed by atoms with Gasteiger partial charge in [0.25, 0.3) is 0 Å². The standard InChI is InChI=1S/C7H6F3NO3/c1-3-11(2)4(6(13)14-3)5(12)7(8,9)10/h1-2H3/p+1. The Hall–Kier alpha value is -1.53. The summed E-state index contributed by atoms with van der Waals surface area (Å²) in [4.78, 5) is 10.8. The number of carbonyl (C=O) groups is 1. The van der Waals surface area contributed by atoms with Gasteiger partial charge in [-0.3, -0.25) is 4.79 Å². The molecule has 14 heavy (non-hydrogen) atoms. The zero-order chi connectivity index (χ0) is 11.1. The highest BCUT2D eigenvalue weighted by Gasteiger charge is 2.48. The maximum atomic E-state index is 12.0. The summed E-state index contributed by atoms with van der Waals surface area (Å²) >= 11 is 0. The van der Waals surface area contributed by atoms with Crippen LogP contribution in [-0.2, 0) is 7.05 Å². The van der Waals surface area contributed by atoms with Crippen LogP contribution >= 0.6 is 0 Å². The van der Waals surface area contributed by atoms with E-state index >= 15 is 0 Å². The summed E-state index contributed by atoms with van der Waals surface area (Å²) in [6, 6.07) is 0. The molecule has 7 heteroatoms. The summed E-state index contributed by atoms with van der Waals surface area (Å²) in [6.07, 6.45) is -5.02. The molecule has 0 radical (unpaired) electrons. The first kappa shape index (κ1) is 10.6. The van der Waals surface area contributed by atoms with Crippen LogP contribution in [0.25, 0.3) is 0 Å². The zero-order valence-electron chi connectivity index (χ0n) is 7.34. The molecule has 4 nitrogen and oxygen atoms in total. The number of aromatic hydroxyl groups is 1. The number of rotatable bonds is 1. The molecule has 0 fully saturated rings. The number of aromatic nitrogens is 1. The fourth-order valence-electron chi connectivity index (χ4n) is 0.941. The van der Waals surface area contributed by atoms with E-state index in [1.54, 1.807) is 0 Å². The number of hydrogen-bond donors (Lipinski definition) is 1. The Morgan fingerprint density at radius 3 is 2.29 bits per heavy atom. The van der Waals surface area contributed by atoms with Crippen LogP contribution in [0.4, 0.5) is 13.2 Å². The first-order valence-electron chi connectivity index (χ1n) is 3.55. The Kier molecular flexibility index (Phi) is 2.26. The van der Waals surface area contributed by atoms with Gasteiger partial charge in [0, 0.05) is 0 Å².